The van der Waals surface area contributed by atoms with Gasteiger partial charge >= 0.3 is 0 Å². The molecule has 0 aliphatic carbocycles. The van der Waals surface area contributed by atoms with Gasteiger partial charge in [-0.15, -0.1) is 0 Å². The third-order valence-corrected chi connectivity index (χ3v) is 3.65. The van der Waals surface area contributed by atoms with Gasteiger partial charge in [0.2, 0.25) is 5.91 Å². The molecule has 124 valence electrons. The van der Waals surface area contributed by atoms with Gasteiger partial charge < -0.3 is 15.2 Å². The van der Waals surface area contributed by atoms with Crippen LogP contribution in [0.5, 0.6) is 0 Å². The molecule has 0 spiro atoms. The van der Waals surface area contributed by atoms with E-state index in [0.29, 0.717) is 12.2 Å². The molecule has 6 nitrogen and oxygen atoms in total. The molecule has 1 heterocycles. The molecule has 0 saturated carbocycles. The largest absolute Gasteiger partial charge is 0.383 e. The Hall–Kier alpha value is -2.18. The molecule has 0 bridgehead atoms. The summed E-state index contributed by atoms with van der Waals surface area (Å²) in [6.07, 6.45) is 2.71. The average Bonchev–Trinajstić information content (AvgIpc) is 2.99. The van der Waals surface area contributed by atoms with Crippen molar-refractivity contribution in [3.63, 3.8) is 0 Å². The third-order valence-electron chi connectivity index (χ3n) is 3.65. The lowest BCUT2D eigenvalue weighted by Gasteiger charge is -2.23. The van der Waals surface area contributed by atoms with Crippen LogP contribution < -0.4 is 5.32 Å². The molecule has 1 amide bonds. The highest BCUT2D eigenvalue weighted by atomic mass is 16.5. The topological polar surface area (TPSA) is 76.4 Å². The van der Waals surface area contributed by atoms with Crippen molar-refractivity contribution in [2.75, 3.05) is 6.54 Å². The number of carbonyl (C=O) groups excluding carboxylic acids is 1. The van der Waals surface area contributed by atoms with Crippen molar-refractivity contribution in [3.05, 3.63) is 53.9 Å². The summed E-state index contributed by atoms with van der Waals surface area (Å²) in [6.45, 7) is 3.79. The Morgan fingerprint density at radius 2 is 2.13 bits per heavy atom. The van der Waals surface area contributed by atoms with Crippen LogP contribution in [0.2, 0.25) is 0 Å². The summed E-state index contributed by atoms with van der Waals surface area (Å²) in [5.41, 5.74) is 0.482. The summed E-state index contributed by atoms with van der Waals surface area (Å²) in [7, 11) is 1.78. The lowest BCUT2D eigenvalue weighted by molar-refractivity contribution is -0.133. The second-order valence-electron chi connectivity index (χ2n) is 5.83. The highest BCUT2D eigenvalue weighted by Crippen LogP contribution is 2.18. The van der Waals surface area contributed by atoms with Crippen molar-refractivity contribution in [1.29, 1.82) is 0 Å². The van der Waals surface area contributed by atoms with E-state index in [9.17, 15) is 9.90 Å². The summed E-state index contributed by atoms with van der Waals surface area (Å²) < 4.78 is 7.16. The standard InChI is InChI=1S/C17H23N3O3/c1-13(23-11-14-7-5-4-6-8-14)16(21)18-12-17(2,22)15-9-19-20(3)10-15/h4-10,13,22H,11-12H2,1-3H3,(H,18,21). The number of nitrogens with zero attached hydrogens (tertiary/aromatic N) is 2. The Morgan fingerprint density at radius 1 is 1.43 bits per heavy atom. The smallest absolute Gasteiger partial charge is 0.248 e. The Balaban J connectivity index is 1.81. The van der Waals surface area contributed by atoms with Crippen LogP contribution in [0.3, 0.4) is 0 Å². The number of hydrogen-bond acceptors (Lipinski definition) is 4. The van der Waals surface area contributed by atoms with E-state index in [4.69, 9.17) is 4.74 Å². The van der Waals surface area contributed by atoms with Gasteiger partial charge in [0.25, 0.3) is 0 Å². The van der Waals surface area contributed by atoms with Crippen molar-refractivity contribution in [2.45, 2.75) is 32.2 Å². The van der Waals surface area contributed by atoms with Crippen LogP contribution in [0.4, 0.5) is 0 Å². The number of rotatable bonds is 7. The molecule has 0 saturated heterocycles. The van der Waals surface area contributed by atoms with Gasteiger partial charge in [-0.3, -0.25) is 9.48 Å². The van der Waals surface area contributed by atoms with Gasteiger partial charge in [-0.1, -0.05) is 30.3 Å². The average molecular weight is 317 g/mol. The lowest BCUT2D eigenvalue weighted by Crippen LogP contribution is -2.42. The molecule has 23 heavy (non-hydrogen) atoms. The van der Waals surface area contributed by atoms with Crippen molar-refractivity contribution in [2.24, 2.45) is 7.05 Å². The first kappa shape index (κ1) is 17.2. The monoisotopic (exact) mass is 317 g/mol. The van der Waals surface area contributed by atoms with E-state index in [1.807, 2.05) is 30.3 Å². The normalized spacial score (nSPS) is 15.0. The van der Waals surface area contributed by atoms with Gasteiger partial charge in [-0.2, -0.15) is 5.10 Å². The molecule has 2 N–H and O–H groups in total. The number of aryl methyl sites for hydroxylation is 1. The Bertz CT molecular complexity index is 638. The maximum Gasteiger partial charge on any atom is 0.248 e. The molecule has 1 aromatic carbocycles. The molecule has 1 aromatic heterocycles. The molecule has 2 rings (SSSR count). The van der Waals surface area contributed by atoms with Crippen molar-refractivity contribution in [3.8, 4) is 0 Å². The first-order valence-corrected chi connectivity index (χ1v) is 7.53. The van der Waals surface area contributed by atoms with E-state index in [0.717, 1.165) is 5.56 Å². The SMILES string of the molecule is CC(OCc1ccccc1)C(=O)NCC(C)(O)c1cnn(C)c1. The minimum absolute atomic E-state index is 0.0938. The van der Waals surface area contributed by atoms with Crippen LogP contribution in [0, 0.1) is 0 Å². The van der Waals surface area contributed by atoms with E-state index in [1.165, 1.54) is 0 Å². The molecule has 6 heteroatoms. The van der Waals surface area contributed by atoms with Gasteiger partial charge in [0, 0.05) is 18.8 Å². The fourth-order valence-corrected chi connectivity index (χ4v) is 2.08. The van der Waals surface area contributed by atoms with E-state index in [-0.39, 0.29) is 12.5 Å². The zero-order chi connectivity index (χ0) is 16.9. The molecule has 0 fully saturated rings. The van der Waals surface area contributed by atoms with Crippen LogP contribution in [0.15, 0.2) is 42.7 Å². The second kappa shape index (κ2) is 7.39. The number of nitrogens with one attached hydrogen (secondary N) is 1. The fourth-order valence-electron chi connectivity index (χ4n) is 2.08. The van der Waals surface area contributed by atoms with E-state index in [2.05, 4.69) is 10.4 Å². The lowest BCUT2D eigenvalue weighted by atomic mass is 10.00. The van der Waals surface area contributed by atoms with E-state index < -0.39 is 11.7 Å². The molecular formula is C17H23N3O3. The fraction of sp³-hybridized carbons (Fsp3) is 0.412. The molecule has 0 aliphatic rings. The maximum absolute atomic E-state index is 12.1. The molecule has 2 atom stereocenters. The number of ether oxygens (including phenoxy) is 1. The van der Waals surface area contributed by atoms with Gasteiger partial charge in [0.05, 0.1) is 19.3 Å². The number of amides is 1. The number of aliphatic hydroxyl groups is 1. The second-order valence-corrected chi connectivity index (χ2v) is 5.83. The zero-order valence-corrected chi connectivity index (χ0v) is 13.7. The van der Waals surface area contributed by atoms with E-state index in [1.54, 1.807) is 38.0 Å². The van der Waals surface area contributed by atoms with Crippen molar-refractivity contribution < 1.29 is 14.6 Å². The van der Waals surface area contributed by atoms with Crippen molar-refractivity contribution >= 4 is 5.91 Å². The number of aromatic nitrogens is 2. The van der Waals surface area contributed by atoms with Crippen LogP contribution in [-0.2, 0) is 28.8 Å². The van der Waals surface area contributed by atoms with Gasteiger partial charge in [0.1, 0.15) is 11.7 Å². The number of benzene rings is 1. The molecular weight excluding hydrogens is 294 g/mol. The Labute approximate surface area is 136 Å². The minimum Gasteiger partial charge on any atom is -0.383 e. The summed E-state index contributed by atoms with van der Waals surface area (Å²) >= 11 is 0. The molecule has 2 aromatic rings. The predicted molar refractivity (Wildman–Crippen MR) is 86.5 cm³/mol. The highest BCUT2D eigenvalue weighted by Gasteiger charge is 2.26. The zero-order valence-electron chi connectivity index (χ0n) is 13.7. The van der Waals surface area contributed by atoms with Crippen LogP contribution in [0.1, 0.15) is 25.0 Å². The number of hydrogen-bond donors (Lipinski definition) is 2. The maximum atomic E-state index is 12.1. The van der Waals surface area contributed by atoms with Gasteiger partial charge in [-0.25, -0.2) is 0 Å². The third kappa shape index (κ3) is 4.91. The predicted octanol–water partition coefficient (Wildman–Crippen LogP) is 1.35. The van der Waals surface area contributed by atoms with Gasteiger partial charge in [-0.05, 0) is 19.4 Å². The van der Waals surface area contributed by atoms with E-state index >= 15 is 0 Å². The summed E-state index contributed by atoms with van der Waals surface area (Å²) in [6, 6.07) is 9.67. The first-order valence-electron chi connectivity index (χ1n) is 7.53. The molecule has 2 unspecified atom stereocenters. The first-order chi connectivity index (χ1) is 10.9. The van der Waals surface area contributed by atoms with Crippen molar-refractivity contribution in [1.82, 2.24) is 15.1 Å². The van der Waals surface area contributed by atoms with Crippen LogP contribution in [0.25, 0.3) is 0 Å². The Kier molecular flexibility index (Phi) is 5.52. The summed E-state index contributed by atoms with van der Waals surface area (Å²) in [5.74, 6) is -0.259. The Morgan fingerprint density at radius 3 is 2.74 bits per heavy atom. The summed E-state index contributed by atoms with van der Waals surface area (Å²) in [4.78, 5) is 12.1. The number of carbonyl (C=O) groups is 1. The van der Waals surface area contributed by atoms with Crippen LogP contribution >= 0.6 is 0 Å². The molecule has 0 radical (unpaired) electrons. The quantitative estimate of drug-likeness (QED) is 0.808. The summed E-state index contributed by atoms with van der Waals surface area (Å²) in [5, 5.41) is 17.2. The van der Waals surface area contributed by atoms with Crippen LogP contribution in [-0.4, -0.2) is 33.4 Å². The molecule has 0 aliphatic heterocycles. The van der Waals surface area contributed by atoms with Gasteiger partial charge in [0.15, 0.2) is 0 Å². The minimum atomic E-state index is -1.18. The highest BCUT2D eigenvalue weighted by molar-refractivity contribution is 5.80.